The van der Waals surface area contributed by atoms with Crippen LogP contribution in [0.5, 0.6) is 0 Å². The minimum absolute atomic E-state index is 0.300. The molecule has 0 aliphatic carbocycles. The van der Waals surface area contributed by atoms with Crippen LogP contribution < -0.4 is 10.5 Å². The number of nitrogens with two attached hydrogens (primary N) is 1. The number of benzene rings is 1. The molecule has 0 spiro atoms. The van der Waals surface area contributed by atoms with Gasteiger partial charge in [-0.05, 0) is 12.1 Å². The van der Waals surface area contributed by atoms with E-state index in [1.807, 2.05) is 0 Å². The quantitative estimate of drug-likeness (QED) is 0.584. The van der Waals surface area contributed by atoms with Crippen molar-refractivity contribution >= 4 is 15.7 Å². The van der Waals surface area contributed by atoms with Gasteiger partial charge in [-0.3, -0.25) is 10.1 Å². The molecule has 0 atom stereocenters. The van der Waals surface area contributed by atoms with Gasteiger partial charge in [-0.2, -0.15) is 0 Å². The summed E-state index contributed by atoms with van der Waals surface area (Å²) >= 11 is 0. The second-order valence-electron chi connectivity index (χ2n) is 3.64. The van der Waals surface area contributed by atoms with Crippen LogP contribution in [0.2, 0.25) is 0 Å². The van der Waals surface area contributed by atoms with Crippen molar-refractivity contribution in [1.29, 1.82) is 0 Å². The van der Waals surface area contributed by atoms with E-state index < -0.39 is 34.0 Å². The number of hydrogen-bond acceptors (Lipinski definition) is 5. The van der Waals surface area contributed by atoms with E-state index in [9.17, 15) is 27.3 Å². The molecule has 0 amide bonds. The molecule has 0 saturated heterocycles. The Bertz CT molecular complexity index is 559. The summed E-state index contributed by atoms with van der Waals surface area (Å²) in [5, 5.41) is 10.4. The Morgan fingerprint density at radius 3 is 2.26 bits per heavy atom. The van der Waals surface area contributed by atoms with E-state index >= 15 is 0 Å². The molecular weight excluding hydrogens is 284 g/mol. The van der Waals surface area contributed by atoms with Gasteiger partial charge in [-0.15, -0.1) is 0 Å². The predicted molar refractivity (Wildman–Crippen MR) is 62.3 cm³/mol. The van der Waals surface area contributed by atoms with Gasteiger partial charge in [0.2, 0.25) is 10.0 Å². The summed E-state index contributed by atoms with van der Waals surface area (Å²) in [5.74, 6) is -3.35. The number of alkyl halides is 2. The van der Waals surface area contributed by atoms with Crippen molar-refractivity contribution < 1.29 is 22.1 Å². The minimum Gasteiger partial charge on any atom is -0.325 e. The minimum atomic E-state index is -4.15. The number of sulfonamides is 1. The Labute approximate surface area is 107 Å². The van der Waals surface area contributed by atoms with Crippen molar-refractivity contribution in [2.45, 2.75) is 10.8 Å². The van der Waals surface area contributed by atoms with Gasteiger partial charge >= 0.3 is 0 Å². The van der Waals surface area contributed by atoms with Crippen molar-refractivity contribution in [3.05, 3.63) is 34.4 Å². The van der Waals surface area contributed by atoms with Gasteiger partial charge in [0.15, 0.2) is 0 Å². The van der Waals surface area contributed by atoms with Crippen molar-refractivity contribution in [2.24, 2.45) is 5.73 Å². The van der Waals surface area contributed by atoms with E-state index in [1.54, 1.807) is 4.72 Å². The number of halogens is 2. The van der Waals surface area contributed by atoms with Crippen LogP contribution in [0, 0.1) is 10.1 Å². The highest BCUT2D eigenvalue weighted by atomic mass is 32.2. The largest absolute Gasteiger partial charge is 0.325 e. The van der Waals surface area contributed by atoms with E-state index in [-0.39, 0.29) is 10.6 Å². The highest BCUT2D eigenvalue weighted by Crippen LogP contribution is 2.16. The zero-order valence-electron chi connectivity index (χ0n) is 9.55. The Hall–Kier alpha value is -1.65. The second-order valence-corrected chi connectivity index (χ2v) is 5.40. The van der Waals surface area contributed by atoms with E-state index in [2.05, 4.69) is 0 Å². The maximum Gasteiger partial charge on any atom is 0.273 e. The molecule has 0 aromatic heterocycles. The maximum atomic E-state index is 12.8. The number of nitro groups is 1. The van der Waals surface area contributed by atoms with Crippen molar-refractivity contribution in [2.75, 3.05) is 13.1 Å². The lowest BCUT2D eigenvalue weighted by Crippen LogP contribution is -2.41. The molecule has 0 radical (unpaired) electrons. The van der Waals surface area contributed by atoms with Gasteiger partial charge in [0.05, 0.1) is 22.9 Å². The van der Waals surface area contributed by atoms with E-state index in [0.29, 0.717) is 0 Å². The van der Waals surface area contributed by atoms with Gasteiger partial charge < -0.3 is 5.73 Å². The summed E-state index contributed by atoms with van der Waals surface area (Å²) in [7, 11) is -4.15. The highest BCUT2D eigenvalue weighted by Gasteiger charge is 2.29. The number of non-ortho nitro benzene ring substituents is 1. The standard InChI is InChI=1S/C9H11F2N3O4S/c10-9(11,5-12)6-13-19(17,18)8-3-1-7(2-4-8)14(15)16/h1-4,13H,5-6,12H2. The number of nitrogens with one attached hydrogen (secondary N) is 1. The van der Waals surface area contributed by atoms with Gasteiger partial charge in [-0.1, -0.05) is 0 Å². The average molecular weight is 295 g/mol. The summed E-state index contributed by atoms with van der Waals surface area (Å²) in [6, 6.07) is 3.85. The molecule has 1 rings (SSSR count). The Kier molecular flexibility index (Phi) is 4.50. The summed E-state index contributed by atoms with van der Waals surface area (Å²) in [6.45, 7) is -2.13. The number of hydrogen-bond donors (Lipinski definition) is 2. The highest BCUT2D eigenvalue weighted by molar-refractivity contribution is 7.89. The first-order valence-electron chi connectivity index (χ1n) is 5.00. The normalized spacial score (nSPS) is 12.4. The van der Waals surface area contributed by atoms with Gasteiger partial charge in [0.25, 0.3) is 11.6 Å². The lowest BCUT2D eigenvalue weighted by molar-refractivity contribution is -0.384. The van der Waals surface area contributed by atoms with Gasteiger partial charge in [0.1, 0.15) is 0 Å². The van der Waals surface area contributed by atoms with Crippen LogP contribution in [-0.2, 0) is 10.0 Å². The van der Waals surface area contributed by atoms with E-state index in [1.165, 1.54) is 0 Å². The van der Waals surface area contributed by atoms with E-state index in [0.717, 1.165) is 24.3 Å². The molecule has 1 aromatic carbocycles. The van der Waals surface area contributed by atoms with Crippen LogP contribution in [-0.4, -0.2) is 32.4 Å². The Morgan fingerprint density at radius 1 is 1.32 bits per heavy atom. The van der Waals surface area contributed by atoms with E-state index in [4.69, 9.17) is 5.73 Å². The molecule has 0 aliphatic heterocycles. The first-order valence-corrected chi connectivity index (χ1v) is 6.48. The summed E-state index contributed by atoms with van der Waals surface area (Å²) < 4.78 is 50.6. The number of nitro benzene ring substituents is 1. The van der Waals surface area contributed by atoms with Crippen molar-refractivity contribution in [3.8, 4) is 0 Å². The summed E-state index contributed by atoms with van der Waals surface area (Å²) in [4.78, 5) is 9.34. The molecule has 10 heteroatoms. The molecule has 0 unspecified atom stereocenters. The molecule has 106 valence electrons. The van der Waals surface area contributed by atoms with Crippen LogP contribution in [0.25, 0.3) is 0 Å². The molecule has 19 heavy (non-hydrogen) atoms. The zero-order chi connectivity index (χ0) is 14.7. The molecule has 3 N–H and O–H groups in total. The first-order chi connectivity index (χ1) is 8.68. The number of nitrogens with zero attached hydrogens (tertiary/aromatic N) is 1. The van der Waals surface area contributed by atoms with Crippen molar-refractivity contribution in [3.63, 3.8) is 0 Å². The first kappa shape index (κ1) is 15.4. The summed E-state index contributed by atoms with van der Waals surface area (Å²) in [6.07, 6.45) is 0. The SMILES string of the molecule is NCC(F)(F)CNS(=O)(=O)c1ccc([N+](=O)[O-])cc1. The van der Waals surface area contributed by atoms with Crippen LogP contribution in [0.4, 0.5) is 14.5 Å². The average Bonchev–Trinajstić information content (AvgIpc) is 2.37. The topological polar surface area (TPSA) is 115 Å². The molecule has 0 saturated carbocycles. The van der Waals surface area contributed by atoms with Crippen LogP contribution >= 0.6 is 0 Å². The van der Waals surface area contributed by atoms with Crippen LogP contribution in [0.3, 0.4) is 0 Å². The molecule has 0 heterocycles. The lowest BCUT2D eigenvalue weighted by Gasteiger charge is -2.14. The predicted octanol–water partition coefficient (Wildman–Crippen LogP) is 0.467. The fourth-order valence-corrected chi connectivity index (χ4v) is 2.17. The van der Waals surface area contributed by atoms with Crippen LogP contribution in [0.1, 0.15) is 0 Å². The zero-order valence-corrected chi connectivity index (χ0v) is 10.4. The lowest BCUT2D eigenvalue weighted by atomic mass is 10.3. The molecule has 0 fully saturated rings. The summed E-state index contributed by atoms with van der Waals surface area (Å²) in [5.41, 5.74) is 4.47. The molecule has 7 nitrogen and oxygen atoms in total. The van der Waals surface area contributed by atoms with Crippen molar-refractivity contribution in [1.82, 2.24) is 4.72 Å². The third kappa shape index (κ3) is 4.19. The maximum absolute atomic E-state index is 12.8. The molecule has 1 aromatic rings. The van der Waals surface area contributed by atoms with Gasteiger partial charge in [0, 0.05) is 12.1 Å². The second kappa shape index (κ2) is 5.55. The molecule has 0 bridgehead atoms. The fraction of sp³-hybridized carbons (Fsp3) is 0.333. The monoisotopic (exact) mass is 295 g/mol. The molecular formula is C9H11F2N3O4S. The van der Waals surface area contributed by atoms with Gasteiger partial charge in [-0.25, -0.2) is 21.9 Å². The smallest absolute Gasteiger partial charge is 0.273 e. The number of rotatable bonds is 6. The molecule has 0 aliphatic rings. The Morgan fingerprint density at radius 2 is 1.84 bits per heavy atom. The fourth-order valence-electron chi connectivity index (χ4n) is 1.10. The Balaban J connectivity index is 2.86. The third-order valence-corrected chi connectivity index (χ3v) is 3.59. The third-order valence-electron chi connectivity index (χ3n) is 2.18. The van der Waals surface area contributed by atoms with Crippen LogP contribution in [0.15, 0.2) is 29.2 Å².